The molecule has 4 rings (SSSR count). The summed E-state index contributed by atoms with van der Waals surface area (Å²) in [6, 6.07) is 1.34. The van der Waals surface area contributed by atoms with E-state index in [9.17, 15) is 13.6 Å². The summed E-state index contributed by atoms with van der Waals surface area (Å²) in [6.45, 7) is 0.297. The molecule has 1 aromatic heterocycles. The molecule has 8 heteroatoms. The van der Waals surface area contributed by atoms with E-state index >= 15 is 0 Å². The van der Waals surface area contributed by atoms with Gasteiger partial charge in [0, 0.05) is 36.2 Å². The predicted molar refractivity (Wildman–Crippen MR) is 82.9 cm³/mol. The zero-order valence-electron chi connectivity index (χ0n) is 13.4. The fraction of sp³-hybridized carbons (Fsp3) is 0.750. The summed E-state index contributed by atoms with van der Waals surface area (Å²) in [4.78, 5) is 12.3. The van der Waals surface area contributed by atoms with E-state index in [0.717, 1.165) is 30.6 Å². The number of nitrogens with one attached hydrogen (secondary N) is 2. The number of carbonyl (C=O) groups is 1. The van der Waals surface area contributed by atoms with Crippen LogP contribution in [0.5, 0.6) is 0 Å². The largest absolute Gasteiger partial charge is 0.377 e. The first-order chi connectivity index (χ1) is 11.6. The molecule has 2 amide bonds. The van der Waals surface area contributed by atoms with E-state index < -0.39 is 13.0 Å². The average molecular weight is 340 g/mol. The Balaban J connectivity index is 1.38. The highest BCUT2D eigenvalue weighted by Crippen LogP contribution is 2.60. The highest BCUT2D eigenvalue weighted by molar-refractivity contribution is 5.88. The molecule has 1 aromatic rings. The molecule has 1 spiro atoms. The molecule has 0 aromatic carbocycles. The third-order valence-electron chi connectivity index (χ3n) is 5.78. The van der Waals surface area contributed by atoms with Gasteiger partial charge in [-0.3, -0.25) is 10.00 Å². The summed E-state index contributed by atoms with van der Waals surface area (Å²) in [5.74, 6) is 0.678. The van der Waals surface area contributed by atoms with Gasteiger partial charge in [-0.1, -0.05) is 12.8 Å². The van der Waals surface area contributed by atoms with Crippen molar-refractivity contribution in [2.75, 3.05) is 11.9 Å². The zero-order chi connectivity index (χ0) is 16.7. The number of amides is 2. The van der Waals surface area contributed by atoms with Crippen LogP contribution in [0.2, 0.25) is 0 Å². The van der Waals surface area contributed by atoms with Crippen molar-refractivity contribution in [3.8, 4) is 0 Å². The standard InChI is InChI=1S/C16H22F2N4O2/c17-11(18)9-22-7-3-12(21-22)19-15(23)20-13-10-4-8-24-14(10)16(13)5-1-2-6-16/h3,7,10-11,13-14H,1-2,4-6,8-9H2,(H2,19,20,21,23)/t10-,13+,14+/m0/s1. The monoisotopic (exact) mass is 340 g/mol. The topological polar surface area (TPSA) is 68.2 Å². The van der Waals surface area contributed by atoms with Crippen molar-refractivity contribution in [1.82, 2.24) is 15.1 Å². The second-order valence-corrected chi connectivity index (χ2v) is 7.07. The predicted octanol–water partition coefficient (Wildman–Crippen LogP) is 2.62. The van der Waals surface area contributed by atoms with Gasteiger partial charge in [0.05, 0.1) is 6.10 Å². The lowest BCUT2D eigenvalue weighted by Crippen LogP contribution is -2.68. The Hall–Kier alpha value is -1.70. The van der Waals surface area contributed by atoms with Gasteiger partial charge in [-0.2, -0.15) is 5.10 Å². The Kier molecular flexibility index (Phi) is 3.94. The molecule has 0 bridgehead atoms. The third-order valence-corrected chi connectivity index (χ3v) is 5.78. The number of nitrogens with zero attached hydrogens (tertiary/aromatic N) is 2. The molecule has 3 atom stereocenters. The summed E-state index contributed by atoms with van der Waals surface area (Å²) in [5.41, 5.74) is 0.0908. The van der Waals surface area contributed by atoms with E-state index in [-0.39, 0.29) is 29.4 Å². The van der Waals surface area contributed by atoms with Crippen molar-refractivity contribution in [3.63, 3.8) is 0 Å². The summed E-state index contributed by atoms with van der Waals surface area (Å²) >= 11 is 0. The van der Waals surface area contributed by atoms with Crippen molar-refractivity contribution in [2.45, 2.75) is 57.2 Å². The second-order valence-electron chi connectivity index (χ2n) is 7.07. The lowest BCUT2D eigenvalue weighted by atomic mass is 9.54. The molecule has 2 aliphatic carbocycles. The van der Waals surface area contributed by atoms with Crippen molar-refractivity contribution in [1.29, 1.82) is 0 Å². The van der Waals surface area contributed by atoms with E-state index in [1.54, 1.807) is 0 Å². The molecule has 132 valence electrons. The number of hydrogen-bond acceptors (Lipinski definition) is 3. The van der Waals surface area contributed by atoms with Crippen LogP contribution in [0, 0.1) is 11.3 Å². The molecular formula is C16H22F2N4O2. The number of fused-ring (bicyclic) bond motifs is 2. The van der Waals surface area contributed by atoms with Gasteiger partial charge >= 0.3 is 6.03 Å². The Morgan fingerprint density at radius 2 is 2.25 bits per heavy atom. The van der Waals surface area contributed by atoms with Crippen LogP contribution < -0.4 is 10.6 Å². The number of carbonyl (C=O) groups excluding carboxylic acids is 1. The fourth-order valence-corrected chi connectivity index (χ4v) is 4.87. The average Bonchev–Trinajstić information content (AvgIpc) is 3.24. The molecule has 0 radical (unpaired) electrons. The summed E-state index contributed by atoms with van der Waals surface area (Å²) in [5, 5.41) is 9.68. The number of rotatable bonds is 4. The number of anilines is 1. The zero-order valence-corrected chi connectivity index (χ0v) is 13.4. The Bertz CT molecular complexity index is 615. The molecule has 3 fully saturated rings. The molecule has 2 saturated carbocycles. The van der Waals surface area contributed by atoms with E-state index in [4.69, 9.17) is 4.74 Å². The number of ether oxygens (including phenoxy) is 1. The van der Waals surface area contributed by atoms with Crippen LogP contribution in [0.25, 0.3) is 0 Å². The van der Waals surface area contributed by atoms with Gasteiger partial charge in [0.25, 0.3) is 6.43 Å². The first kappa shape index (κ1) is 15.8. The van der Waals surface area contributed by atoms with Gasteiger partial charge in [0.15, 0.2) is 5.82 Å². The molecule has 3 aliphatic rings. The molecule has 24 heavy (non-hydrogen) atoms. The highest BCUT2D eigenvalue weighted by atomic mass is 19.3. The highest BCUT2D eigenvalue weighted by Gasteiger charge is 2.65. The van der Waals surface area contributed by atoms with Gasteiger partial charge in [-0.15, -0.1) is 0 Å². The lowest BCUT2D eigenvalue weighted by molar-refractivity contribution is -0.125. The number of alkyl halides is 2. The molecule has 0 unspecified atom stereocenters. The van der Waals surface area contributed by atoms with Crippen molar-refractivity contribution < 1.29 is 18.3 Å². The van der Waals surface area contributed by atoms with E-state index in [1.165, 1.54) is 25.1 Å². The summed E-state index contributed by atoms with van der Waals surface area (Å²) in [7, 11) is 0. The van der Waals surface area contributed by atoms with Crippen molar-refractivity contribution >= 4 is 11.8 Å². The maximum Gasteiger partial charge on any atom is 0.320 e. The molecule has 2 N–H and O–H groups in total. The quantitative estimate of drug-likeness (QED) is 0.885. The molecular weight excluding hydrogens is 318 g/mol. The Labute approximate surface area is 138 Å². The van der Waals surface area contributed by atoms with Crippen LogP contribution in [0.4, 0.5) is 19.4 Å². The number of urea groups is 1. The minimum atomic E-state index is -2.47. The minimum Gasteiger partial charge on any atom is -0.377 e. The van der Waals surface area contributed by atoms with Crippen LogP contribution >= 0.6 is 0 Å². The smallest absolute Gasteiger partial charge is 0.320 e. The molecule has 6 nitrogen and oxygen atoms in total. The van der Waals surface area contributed by atoms with E-state index in [0.29, 0.717) is 5.92 Å². The number of aromatic nitrogens is 2. The molecule has 1 saturated heterocycles. The van der Waals surface area contributed by atoms with Gasteiger partial charge in [-0.25, -0.2) is 13.6 Å². The van der Waals surface area contributed by atoms with Gasteiger partial charge in [0.2, 0.25) is 0 Å². The van der Waals surface area contributed by atoms with E-state index in [2.05, 4.69) is 15.7 Å². The normalized spacial score (nSPS) is 30.4. The Morgan fingerprint density at radius 1 is 1.46 bits per heavy atom. The van der Waals surface area contributed by atoms with E-state index in [1.807, 2.05) is 0 Å². The van der Waals surface area contributed by atoms with Crippen LogP contribution in [-0.2, 0) is 11.3 Å². The maximum absolute atomic E-state index is 12.3. The van der Waals surface area contributed by atoms with Crippen LogP contribution in [0.3, 0.4) is 0 Å². The maximum atomic E-state index is 12.3. The molecule has 2 heterocycles. The first-order valence-electron chi connectivity index (χ1n) is 8.59. The first-order valence-corrected chi connectivity index (χ1v) is 8.59. The summed E-state index contributed by atoms with van der Waals surface area (Å²) in [6.07, 6.45) is 4.81. The SMILES string of the molecule is O=C(Nc1ccn(CC(F)F)n1)N[C@@H]1[C@@H]2CCO[C@H]2C12CCCC2. The Morgan fingerprint density at radius 3 is 3.00 bits per heavy atom. The van der Waals surface area contributed by atoms with Crippen molar-refractivity contribution in [3.05, 3.63) is 12.3 Å². The van der Waals surface area contributed by atoms with Gasteiger partial charge in [-0.05, 0) is 19.3 Å². The van der Waals surface area contributed by atoms with Gasteiger partial charge < -0.3 is 10.1 Å². The number of hydrogen-bond donors (Lipinski definition) is 2. The second kappa shape index (κ2) is 5.98. The molecule has 1 aliphatic heterocycles. The summed E-state index contributed by atoms with van der Waals surface area (Å²) < 4.78 is 31.7. The lowest BCUT2D eigenvalue weighted by Gasteiger charge is -2.56. The fourth-order valence-electron chi connectivity index (χ4n) is 4.87. The van der Waals surface area contributed by atoms with Crippen molar-refractivity contribution in [2.24, 2.45) is 11.3 Å². The van der Waals surface area contributed by atoms with Crippen LogP contribution in [-0.4, -0.2) is 41.0 Å². The van der Waals surface area contributed by atoms with Gasteiger partial charge in [0.1, 0.15) is 6.54 Å². The third kappa shape index (κ3) is 2.56. The minimum absolute atomic E-state index is 0.0908. The van der Waals surface area contributed by atoms with Crippen LogP contribution in [0.1, 0.15) is 32.1 Å². The number of halogens is 2. The van der Waals surface area contributed by atoms with Crippen LogP contribution in [0.15, 0.2) is 12.3 Å².